The summed E-state index contributed by atoms with van der Waals surface area (Å²) < 4.78 is 11.5. The van der Waals surface area contributed by atoms with Gasteiger partial charge in [0, 0.05) is 38.0 Å². The third-order valence-corrected chi connectivity index (χ3v) is 9.33. The molecule has 45 heavy (non-hydrogen) atoms. The van der Waals surface area contributed by atoms with E-state index >= 15 is 0 Å². The van der Waals surface area contributed by atoms with Crippen LogP contribution in [0.1, 0.15) is 0 Å². The number of aromatic nitrogens is 2. The van der Waals surface area contributed by atoms with Gasteiger partial charge in [0.05, 0.1) is 27.8 Å². The van der Waals surface area contributed by atoms with Gasteiger partial charge in [-0.1, -0.05) is 121 Å². The van der Waals surface area contributed by atoms with Crippen LogP contribution in [0.5, 0.6) is 0 Å². The van der Waals surface area contributed by atoms with E-state index in [4.69, 9.17) is 4.42 Å². The number of hydrogen-bond acceptors (Lipinski definition) is 1. The van der Waals surface area contributed by atoms with Crippen molar-refractivity contribution in [2.75, 3.05) is 0 Å². The minimum absolute atomic E-state index is 0.897. The second-order valence-electron chi connectivity index (χ2n) is 11.7. The molecule has 10 aromatic rings. The number of para-hydroxylation sites is 4. The maximum absolute atomic E-state index is 6.62. The first-order valence-corrected chi connectivity index (χ1v) is 15.4. The van der Waals surface area contributed by atoms with Gasteiger partial charge in [0.15, 0.2) is 5.58 Å². The topological polar surface area (TPSA) is 23.0 Å². The van der Waals surface area contributed by atoms with Crippen LogP contribution in [0, 0.1) is 0 Å². The van der Waals surface area contributed by atoms with Crippen molar-refractivity contribution in [1.82, 2.24) is 9.13 Å². The zero-order chi connectivity index (χ0) is 29.5. The molecule has 210 valence electrons. The summed E-state index contributed by atoms with van der Waals surface area (Å²) in [6.45, 7) is 0. The Labute approximate surface area is 258 Å². The fourth-order valence-corrected chi connectivity index (χ4v) is 7.36. The third-order valence-electron chi connectivity index (χ3n) is 9.33. The van der Waals surface area contributed by atoms with Crippen molar-refractivity contribution in [3.05, 3.63) is 158 Å². The summed E-state index contributed by atoms with van der Waals surface area (Å²) in [5.41, 5.74) is 11.1. The van der Waals surface area contributed by atoms with E-state index in [9.17, 15) is 0 Å². The van der Waals surface area contributed by atoms with Crippen LogP contribution < -0.4 is 0 Å². The molecule has 0 radical (unpaired) electrons. The van der Waals surface area contributed by atoms with Crippen molar-refractivity contribution < 1.29 is 4.42 Å². The van der Waals surface area contributed by atoms with Gasteiger partial charge in [-0.25, -0.2) is 0 Å². The van der Waals surface area contributed by atoms with Crippen LogP contribution in [0.4, 0.5) is 0 Å². The van der Waals surface area contributed by atoms with Gasteiger partial charge >= 0.3 is 0 Å². The molecule has 0 N–H and O–H groups in total. The molecule has 0 atom stereocenters. The molecular weight excluding hydrogens is 548 g/mol. The Hall–Kier alpha value is -6.06. The zero-order valence-corrected chi connectivity index (χ0v) is 24.3. The number of hydrogen-bond donors (Lipinski definition) is 0. The van der Waals surface area contributed by atoms with Crippen molar-refractivity contribution in [3.8, 4) is 22.5 Å². The summed E-state index contributed by atoms with van der Waals surface area (Å²) in [6.07, 6.45) is 0. The molecule has 7 aromatic carbocycles. The highest BCUT2D eigenvalue weighted by atomic mass is 16.3. The van der Waals surface area contributed by atoms with Crippen LogP contribution in [0.3, 0.4) is 0 Å². The molecule has 0 aliphatic carbocycles. The molecule has 10 rings (SSSR count). The first-order chi connectivity index (χ1) is 22.3. The van der Waals surface area contributed by atoms with Gasteiger partial charge in [0.25, 0.3) is 0 Å². The largest absolute Gasteiger partial charge is 0.454 e. The second kappa shape index (κ2) is 9.22. The van der Waals surface area contributed by atoms with E-state index in [0.29, 0.717) is 0 Å². The number of nitrogens with zero attached hydrogens (tertiary/aromatic N) is 2. The van der Waals surface area contributed by atoms with Gasteiger partial charge in [0.2, 0.25) is 0 Å². The molecule has 0 saturated carbocycles. The molecule has 3 nitrogen and oxygen atoms in total. The maximum Gasteiger partial charge on any atom is 0.159 e. The Morgan fingerprint density at radius 1 is 0.356 bits per heavy atom. The lowest BCUT2D eigenvalue weighted by molar-refractivity contribution is 0.666. The molecule has 0 aliphatic heterocycles. The van der Waals surface area contributed by atoms with E-state index in [1.165, 1.54) is 49.2 Å². The molecule has 0 spiro atoms. The molecule has 0 unspecified atom stereocenters. The van der Waals surface area contributed by atoms with Gasteiger partial charge < -0.3 is 13.6 Å². The average molecular weight is 575 g/mol. The summed E-state index contributed by atoms with van der Waals surface area (Å²) in [6, 6.07) is 56.4. The molecule has 0 amide bonds. The Morgan fingerprint density at radius 2 is 0.911 bits per heavy atom. The summed E-state index contributed by atoms with van der Waals surface area (Å²) in [7, 11) is 0. The third kappa shape index (κ3) is 3.41. The van der Waals surface area contributed by atoms with Gasteiger partial charge in [-0.3, -0.25) is 0 Å². The number of fused-ring (bicyclic) bond motifs is 10. The van der Waals surface area contributed by atoms with Gasteiger partial charge in [0.1, 0.15) is 5.58 Å². The minimum Gasteiger partial charge on any atom is -0.454 e. The quantitative estimate of drug-likeness (QED) is 0.206. The van der Waals surface area contributed by atoms with Gasteiger partial charge in [-0.15, -0.1) is 0 Å². The number of rotatable bonds is 3. The summed E-state index contributed by atoms with van der Waals surface area (Å²) in [5.74, 6) is 0. The molecule has 0 aliphatic rings. The van der Waals surface area contributed by atoms with Gasteiger partial charge in [-0.2, -0.15) is 0 Å². The van der Waals surface area contributed by atoms with Crippen LogP contribution >= 0.6 is 0 Å². The normalized spacial score (nSPS) is 12.0. The highest BCUT2D eigenvalue weighted by Gasteiger charge is 2.23. The van der Waals surface area contributed by atoms with Crippen molar-refractivity contribution in [2.24, 2.45) is 0 Å². The highest BCUT2D eigenvalue weighted by molar-refractivity contribution is 6.24. The molecule has 3 aromatic heterocycles. The summed E-state index contributed by atoms with van der Waals surface area (Å²) in [4.78, 5) is 0. The van der Waals surface area contributed by atoms with E-state index < -0.39 is 0 Å². The summed E-state index contributed by atoms with van der Waals surface area (Å²) >= 11 is 0. The Bertz CT molecular complexity index is 2740. The van der Waals surface area contributed by atoms with Gasteiger partial charge in [-0.05, 0) is 47.5 Å². The van der Waals surface area contributed by atoms with E-state index in [1.54, 1.807) is 0 Å². The maximum atomic E-state index is 6.62. The lowest BCUT2D eigenvalue weighted by Crippen LogP contribution is -1.99. The monoisotopic (exact) mass is 574 g/mol. The molecule has 0 fully saturated rings. The van der Waals surface area contributed by atoms with Crippen molar-refractivity contribution in [1.29, 1.82) is 0 Å². The lowest BCUT2D eigenvalue weighted by atomic mass is 10.1. The van der Waals surface area contributed by atoms with Crippen molar-refractivity contribution in [2.45, 2.75) is 0 Å². The molecule has 0 saturated heterocycles. The average Bonchev–Trinajstić information content (AvgIpc) is 3.77. The van der Waals surface area contributed by atoms with Crippen LogP contribution in [0.25, 0.3) is 88.1 Å². The highest BCUT2D eigenvalue weighted by Crippen LogP contribution is 2.43. The molecule has 3 heteroatoms. The lowest BCUT2D eigenvalue weighted by Gasteiger charge is -2.13. The predicted molar refractivity (Wildman–Crippen MR) is 188 cm³/mol. The molecule has 3 heterocycles. The SMILES string of the molecule is c1ccc(-c2ccc(-n3c4ccccc4c4ccc5c6ccccc6n(-c6cccc7c6oc6ccccc67)c5c43)cc2)cc1. The molecular formula is C42H26N2O. The van der Waals surface area contributed by atoms with Crippen molar-refractivity contribution >= 4 is 65.6 Å². The molecule has 0 bridgehead atoms. The predicted octanol–water partition coefficient (Wildman–Crippen LogP) is 11.4. The van der Waals surface area contributed by atoms with Crippen LogP contribution in [-0.4, -0.2) is 9.13 Å². The standard InChI is InChI=1S/C42H26N2O/c1-2-11-27(12-3-1)28-21-23-29(24-22-28)43-36-17-7-4-13-30(36)33-25-26-34-31-14-5-8-18-37(31)44(41(34)40(33)43)38-19-10-16-35-32-15-6-9-20-39(32)45-42(35)38/h1-26H. The van der Waals surface area contributed by atoms with E-state index in [-0.39, 0.29) is 0 Å². The first kappa shape index (κ1) is 24.4. The summed E-state index contributed by atoms with van der Waals surface area (Å²) in [5, 5.41) is 7.16. The van der Waals surface area contributed by atoms with E-state index in [1.807, 2.05) is 6.07 Å². The Kier molecular flexibility index (Phi) is 5.00. The Balaban J connectivity index is 1.37. The minimum atomic E-state index is 0.897. The van der Waals surface area contributed by atoms with Crippen LogP contribution in [-0.2, 0) is 0 Å². The number of furan rings is 1. The fourth-order valence-electron chi connectivity index (χ4n) is 7.36. The van der Waals surface area contributed by atoms with Crippen molar-refractivity contribution in [3.63, 3.8) is 0 Å². The van der Waals surface area contributed by atoms with Crippen LogP contribution in [0.2, 0.25) is 0 Å². The number of benzene rings is 7. The smallest absolute Gasteiger partial charge is 0.159 e. The van der Waals surface area contributed by atoms with Crippen LogP contribution in [0.15, 0.2) is 162 Å². The van der Waals surface area contributed by atoms with E-state index in [2.05, 4.69) is 161 Å². The first-order valence-electron chi connectivity index (χ1n) is 15.4. The van der Waals surface area contributed by atoms with E-state index in [0.717, 1.165) is 38.8 Å². The fraction of sp³-hybridized carbons (Fsp3) is 0. The Morgan fingerprint density at radius 3 is 1.64 bits per heavy atom. The second-order valence-corrected chi connectivity index (χ2v) is 11.7. The zero-order valence-electron chi connectivity index (χ0n) is 24.3.